The molecular formula is C22H21N3O3. The quantitative estimate of drug-likeness (QED) is 0.413. The van der Waals surface area contributed by atoms with Crippen molar-refractivity contribution in [3.05, 3.63) is 94.5 Å². The van der Waals surface area contributed by atoms with Gasteiger partial charge in [0.25, 0.3) is 5.69 Å². The van der Waals surface area contributed by atoms with Crippen LogP contribution in [0.2, 0.25) is 0 Å². The molecule has 0 atom stereocenters. The van der Waals surface area contributed by atoms with Crippen LogP contribution in [0.25, 0.3) is 0 Å². The maximum Gasteiger partial charge on any atom is 0.269 e. The monoisotopic (exact) mass is 375 g/mol. The van der Waals surface area contributed by atoms with Crippen molar-refractivity contribution in [3.8, 4) is 0 Å². The molecular weight excluding hydrogens is 354 g/mol. The second kappa shape index (κ2) is 9.32. The Balaban J connectivity index is 1.43. The fourth-order valence-electron chi connectivity index (χ4n) is 2.79. The molecule has 0 fully saturated rings. The lowest BCUT2D eigenvalue weighted by atomic mass is 10.1. The van der Waals surface area contributed by atoms with E-state index in [2.05, 4.69) is 10.6 Å². The number of hydrogen-bond donors (Lipinski definition) is 2. The van der Waals surface area contributed by atoms with Gasteiger partial charge in [0.05, 0.1) is 4.92 Å². The number of nitrogens with zero attached hydrogens (tertiary/aromatic N) is 1. The Morgan fingerprint density at radius 3 is 2.07 bits per heavy atom. The first-order valence-electron chi connectivity index (χ1n) is 9.05. The largest absolute Gasteiger partial charge is 0.356 e. The molecule has 3 aromatic rings. The highest BCUT2D eigenvalue weighted by Gasteiger charge is 2.06. The number of anilines is 3. The molecule has 0 aromatic heterocycles. The zero-order chi connectivity index (χ0) is 19.8. The van der Waals surface area contributed by atoms with Gasteiger partial charge in [-0.15, -0.1) is 0 Å². The second-order valence-electron chi connectivity index (χ2n) is 6.39. The van der Waals surface area contributed by atoms with Gasteiger partial charge in [-0.3, -0.25) is 14.9 Å². The van der Waals surface area contributed by atoms with Gasteiger partial charge in [-0.2, -0.15) is 0 Å². The van der Waals surface area contributed by atoms with Crippen LogP contribution in [0.3, 0.4) is 0 Å². The van der Waals surface area contributed by atoms with Crippen LogP contribution in [-0.2, 0) is 11.2 Å². The van der Waals surface area contributed by atoms with Gasteiger partial charge in [-0.25, -0.2) is 0 Å². The maximum atomic E-state index is 12.1. The zero-order valence-electron chi connectivity index (χ0n) is 15.3. The summed E-state index contributed by atoms with van der Waals surface area (Å²) in [5, 5.41) is 16.8. The summed E-state index contributed by atoms with van der Waals surface area (Å²) >= 11 is 0. The van der Waals surface area contributed by atoms with Crippen LogP contribution in [-0.4, -0.2) is 10.8 Å². The number of nitro benzene ring substituents is 1. The minimum absolute atomic E-state index is 0.0503. The standard InChI is InChI=1S/C22H21N3O3/c26-22(8-4-5-17-9-15-21(16-10-17)25(27)28)24-20-13-11-19(12-14-20)23-18-6-2-1-3-7-18/h1-3,6-7,9-16,23H,4-5,8H2,(H,24,26). The summed E-state index contributed by atoms with van der Waals surface area (Å²) < 4.78 is 0. The third-order valence-electron chi connectivity index (χ3n) is 4.25. The van der Waals surface area contributed by atoms with Crippen molar-refractivity contribution in [2.75, 3.05) is 10.6 Å². The molecule has 1 amide bonds. The van der Waals surface area contributed by atoms with Crippen molar-refractivity contribution in [2.24, 2.45) is 0 Å². The van der Waals surface area contributed by atoms with Gasteiger partial charge >= 0.3 is 0 Å². The Bertz CT molecular complexity index is 924. The first-order chi connectivity index (χ1) is 13.6. The third kappa shape index (κ3) is 5.67. The predicted molar refractivity (Wildman–Crippen MR) is 111 cm³/mol. The first-order valence-corrected chi connectivity index (χ1v) is 9.05. The van der Waals surface area contributed by atoms with Crippen LogP contribution in [0.1, 0.15) is 18.4 Å². The van der Waals surface area contributed by atoms with Gasteiger partial charge in [0.15, 0.2) is 0 Å². The molecule has 0 spiro atoms. The van der Waals surface area contributed by atoms with E-state index in [9.17, 15) is 14.9 Å². The number of non-ortho nitro benzene ring substituents is 1. The molecule has 6 nitrogen and oxygen atoms in total. The molecule has 142 valence electrons. The van der Waals surface area contributed by atoms with Crippen molar-refractivity contribution >= 4 is 28.7 Å². The minimum atomic E-state index is -0.419. The molecule has 0 aliphatic carbocycles. The molecule has 28 heavy (non-hydrogen) atoms. The third-order valence-corrected chi connectivity index (χ3v) is 4.25. The molecule has 0 unspecified atom stereocenters. The van der Waals surface area contributed by atoms with E-state index in [-0.39, 0.29) is 11.6 Å². The summed E-state index contributed by atoms with van der Waals surface area (Å²) in [4.78, 5) is 22.3. The zero-order valence-corrected chi connectivity index (χ0v) is 15.3. The minimum Gasteiger partial charge on any atom is -0.356 e. The number of amides is 1. The topological polar surface area (TPSA) is 84.3 Å². The molecule has 0 aliphatic heterocycles. The molecule has 0 saturated carbocycles. The molecule has 2 N–H and O–H groups in total. The van der Waals surface area contributed by atoms with Gasteiger partial charge in [0, 0.05) is 35.6 Å². The fourth-order valence-corrected chi connectivity index (χ4v) is 2.79. The van der Waals surface area contributed by atoms with E-state index in [4.69, 9.17) is 0 Å². The van der Waals surface area contributed by atoms with Gasteiger partial charge in [-0.05, 0) is 54.8 Å². The number of benzene rings is 3. The van der Waals surface area contributed by atoms with E-state index in [1.165, 1.54) is 12.1 Å². The second-order valence-corrected chi connectivity index (χ2v) is 6.39. The van der Waals surface area contributed by atoms with Crippen LogP contribution in [0, 0.1) is 10.1 Å². The number of nitrogens with one attached hydrogen (secondary N) is 2. The molecule has 0 bridgehead atoms. The Hall–Kier alpha value is -3.67. The maximum absolute atomic E-state index is 12.1. The van der Waals surface area contributed by atoms with Gasteiger partial charge in [0.1, 0.15) is 0 Å². The van der Waals surface area contributed by atoms with E-state index >= 15 is 0 Å². The lowest BCUT2D eigenvalue weighted by Gasteiger charge is -2.09. The van der Waals surface area contributed by atoms with Crippen molar-refractivity contribution in [2.45, 2.75) is 19.3 Å². The number of para-hydroxylation sites is 1. The smallest absolute Gasteiger partial charge is 0.269 e. The van der Waals surface area contributed by atoms with Gasteiger partial charge in [0.2, 0.25) is 5.91 Å². The number of carbonyl (C=O) groups excluding carboxylic acids is 1. The van der Waals surface area contributed by atoms with E-state index in [0.29, 0.717) is 19.3 Å². The molecule has 0 saturated heterocycles. The Morgan fingerprint density at radius 2 is 1.43 bits per heavy atom. The van der Waals surface area contributed by atoms with Crippen molar-refractivity contribution in [3.63, 3.8) is 0 Å². The average Bonchev–Trinajstić information content (AvgIpc) is 2.71. The summed E-state index contributed by atoms with van der Waals surface area (Å²) in [5.41, 5.74) is 3.76. The van der Waals surface area contributed by atoms with Crippen molar-refractivity contribution in [1.82, 2.24) is 0 Å². The average molecular weight is 375 g/mol. The Kier molecular flexibility index (Phi) is 6.36. The summed E-state index contributed by atoms with van der Waals surface area (Å²) in [5.74, 6) is -0.0503. The molecule has 0 heterocycles. The fraction of sp³-hybridized carbons (Fsp3) is 0.136. The van der Waals surface area contributed by atoms with Gasteiger partial charge < -0.3 is 10.6 Å². The summed E-state index contributed by atoms with van der Waals surface area (Å²) in [7, 11) is 0. The predicted octanol–water partition coefficient (Wildman–Crippen LogP) is 5.30. The van der Waals surface area contributed by atoms with Crippen LogP contribution in [0.15, 0.2) is 78.9 Å². The van der Waals surface area contributed by atoms with Gasteiger partial charge in [-0.1, -0.05) is 30.3 Å². The molecule has 0 aliphatic rings. The highest BCUT2D eigenvalue weighted by Crippen LogP contribution is 2.19. The van der Waals surface area contributed by atoms with Crippen LogP contribution in [0.4, 0.5) is 22.7 Å². The number of rotatable bonds is 8. The Morgan fingerprint density at radius 1 is 0.821 bits per heavy atom. The van der Waals surface area contributed by atoms with E-state index < -0.39 is 4.92 Å². The Labute approximate surface area is 163 Å². The summed E-state index contributed by atoms with van der Waals surface area (Å²) in [6.07, 6.45) is 1.77. The van der Waals surface area contributed by atoms with E-state index in [0.717, 1.165) is 22.6 Å². The summed E-state index contributed by atoms with van der Waals surface area (Å²) in [6.45, 7) is 0. The molecule has 3 rings (SSSR count). The van der Waals surface area contributed by atoms with Crippen LogP contribution < -0.4 is 10.6 Å². The van der Waals surface area contributed by atoms with Crippen LogP contribution >= 0.6 is 0 Å². The molecule has 0 radical (unpaired) electrons. The number of carbonyl (C=O) groups is 1. The number of nitro groups is 1. The van der Waals surface area contributed by atoms with E-state index in [1.807, 2.05) is 54.6 Å². The number of hydrogen-bond acceptors (Lipinski definition) is 4. The molecule has 3 aromatic carbocycles. The van der Waals surface area contributed by atoms with Crippen molar-refractivity contribution in [1.29, 1.82) is 0 Å². The van der Waals surface area contributed by atoms with E-state index in [1.54, 1.807) is 12.1 Å². The highest BCUT2D eigenvalue weighted by atomic mass is 16.6. The van der Waals surface area contributed by atoms with Crippen LogP contribution in [0.5, 0.6) is 0 Å². The number of aryl methyl sites for hydroxylation is 1. The normalized spacial score (nSPS) is 10.3. The van der Waals surface area contributed by atoms with Crippen molar-refractivity contribution < 1.29 is 9.72 Å². The summed E-state index contributed by atoms with van der Waals surface area (Å²) in [6, 6.07) is 23.9. The lowest BCUT2D eigenvalue weighted by Crippen LogP contribution is -2.11. The SMILES string of the molecule is O=C(CCCc1ccc([N+](=O)[O-])cc1)Nc1ccc(Nc2ccccc2)cc1. The molecule has 6 heteroatoms. The first kappa shape index (κ1) is 19.1. The lowest BCUT2D eigenvalue weighted by molar-refractivity contribution is -0.384. The highest BCUT2D eigenvalue weighted by molar-refractivity contribution is 5.90.